The number of benzene rings is 1. The largest absolute Gasteiger partial charge is 0.497 e. The lowest BCUT2D eigenvalue weighted by Crippen LogP contribution is -2.29. The lowest BCUT2D eigenvalue weighted by atomic mass is 10.0. The van der Waals surface area contributed by atoms with Crippen LogP contribution in [0, 0.1) is 20.8 Å². The SMILES string of the molecule is COc1ccc(Cc2c(C)nn(-c3nc(C)c(C(=O)NC(C)C)s3)c2C)cc1. The van der Waals surface area contributed by atoms with E-state index in [4.69, 9.17) is 9.84 Å². The molecule has 148 valence electrons. The summed E-state index contributed by atoms with van der Waals surface area (Å²) in [6.45, 7) is 9.81. The van der Waals surface area contributed by atoms with Crippen LogP contribution in [0.5, 0.6) is 5.75 Å². The molecule has 0 radical (unpaired) electrons. The number of ether oxygens (including phenoxy) is 1. The molecule has 0 saturated carbocycles. The second-order valence-electron chi connectivity index (χ2n) is 7.13. The van der Waals surface area contributed by atoms with E-state index in [1.807, 2.05) is 51.4 Å². The molecule has 6 nitrogen and oxygen atoms in total. The minimum absolute atomic E-state index is 0.0854. The first-order chi connectivity index (χ1) is 13.3. The Hall–Kier alpha value is -2.67. The number of aromatic nitrogens is 3. The first-order valence-corrected chi connectivity index (χ1v) is 10.1. The van der Waals surface area contributed by atoms with Gasteiger partial charge in [0.15, 0.2) is 0 Å². The molecule has 7 heteroatoms. The summed E-state index contributed by atoms with van der Waals surface area (Å²) >= 11 is 1.37. The van der Waals surface area contributed by atoms with Crippen molar-refractivity contribution in [3.05, 3.63) is 57.4 Å². The summed E-state index contributed by atoms with van der Waals surface area (Å²) in [5.41, 5.74) is 5.10. The topological polar surface area (TPSA) is 69.0 Å². The smallest absolute Gasteiger partial charge is 0.263 e. The molecule has 3 rings (SSSR count). The highest BCUT2D eigenvalue weighted by Gasteiger charge is 2.20. The fraction of sp³-hybridized carbons (Fsp3) is 0.381. The highest BCUT2D eigenvalue weighted by molar-refractivity contribution is 7.16. The van der Waals surface area contributed by atoms with Crippen LogP contribution >= 0.6 is 11.3 Å². The Bertz CT molecular complexity index is 987. The third kappa shape index (κ3) is 4.09. The summed E-state index contributed by atoms with van der Waals surface area (Å²) in [4.78, 5) is 17.6. The Kier molecular flexibility index (Phi) is 5.84. The molecule has 0 fully saturated rings. The molecule has 0 aliphatic heterocycles. The maximum atomic E-state index is 12.4. The monoisotopic (exact) mass is 398 g/mol. The van der Waals surface area contributed by atoms with Crippen molar-refractivity contribution in [3.8, 4) is 10.9 Å². The molecular weight excluding hydrogens is 372 g/mol. The van der Waals surface area contributed by atoms with Crippen LogP contribution in [0.25, 0.3) is 5.13 Å². The van der Waals surface area contributed by atoms with Crippen LogP contribution < -0.4 is 10.1 Å². The number of rotatable bonds is 6. The van der Waals surface area contributed by atoms with Crippen molar-refractivity contribution in [3.63, 3.8) is 0 Å². The van der Waals surface area contributed by atoms with Gasteiger partial charge in [-0.15, -0.1) is 0 Å². The van der Waals surface area contributed by atoms with Crippen LogP contribution in [0.2, 0.25) is 0 Å². The molecular formula is C21H26N4O2S. The van der Waals surface area contributed by atoms with E-state index in [9.17, 15) is 4.79 Å². The molecule has 1 amide bonds. The van der Waals surface area contributed by atoms with Crippen LogP contribution in [0.15, 0.2) is 24.3 Å². The lowest BCUT2D eigenvalue weighted by molar-refractivity contribution is 0.0946. The van der Waals surface area contributed by atoms with Gasteiger partial charge in [0.05, 0.1) is 18.5 Å². The lowest BCUT2D eigenvalue weighted by Gasteiger charge is -2.06. The van der Waals surface area contributed by atoms with E-state index >= 15 is 0 Å². The molecule has 2 aromatic heterocycles. The maximum Gasteiger partial charge on any atom is 0.263 e. The van der Waals surface area contributed by atoms with Crippen molar-refractivity contribution in [2.45, 2.75) is 47.1 Å². The van der Waals surface area contributed by atoms with Crippen LogP contribution in [0.4, 0.5) is 0 Å². The van der Waals surface area contributed by atoms with Gasteiger partial charge in [-0.3, -0.25) is 4.79 Å². The Balaban J connectivity index is 1.90. The van der Waals surface area contributed by atoms with Crippen molar-refractivity contribution in [1.82, 2.24) is 20.1 Å². The van der Waals surface area contributed by atoms with E-state index in [0.29, 0.717) is 10.0 Å². The maximum absolute atomic E-state index is 12.4. The fourth-order valence-corrected chi connectivity index (χ4v) is 4.05. The van der Waals surface area contributed by atoms with Crippen molar-refractivity contribution in [2.75, 3.05) is 7.11 Å². The highest BCUT2D eigenvalue weighted by atomic mass is 32.1. The Morgan fingerprint density at radius 2 is 1.86 bits per heavy atom. The number of hydrogen-bond donors (Lipinski definition) is 1. The summed E-state index contributed by atoms with van der Waals surface area (Å²) < 4.78 is 7.07. The van der Waals surface area contributed by atoms with E-state index in [1.165, 1.54) is 22.5 Å². The Labute approximate surface area is 169 Å². The molecule has 0 spiro atoms. The van der Waals surface area contributed by atoms with E-state index in [2.05, 4.69) is 22.4 Å². The summed E-state index contributed by atoms with van der Waals surface area (Å²) in [5.74, 6) is 0.759. The zero-order valence-electron chi connectivity index (χ0n) is 17.2. The molecule has 1 N–H and O–H groups in total. The van der Waals surface area contributed by atoms with Gasteiger partial charge in [0.2, 0.25) is 5.13 Å². The molecule has 2 heterocycles. The number of hydrogen-bond acceptors (Lipinski definition) is 5. The number of nitrogens with zero attached hydrogens (tertiary/aromatic N) is 3. The molecule has 0 unspecified atom stereocenters. The summed E-state index contributed by atoms with van der Waals surface area (Å²) in [6, 6.07) is 8.15. The van der Waals surface area contributed by atoms with Crippen molar-refractivity contribution in [2.24, 2.45) is 0 Å². The van der Waals surface area contributed by atoms with Gasteiger partial charge in [-0.05, 0) is 52.3 Å². The van der Waals surface area contributed by atoms with E-state index in [0.717, 1.165) is 29.3 Å². The van der Waals surface area contributed by atoms with E-state index < -0.39 is 0 Å². The Morgan fingerprint density at radius 1 is 1.18 bits per heavy atom. The summed E-state index contributed by atoms with van der Waals surface area (Å²) in [6.07, 6.45) is 0.784. The van der Waals surface area contributed by atoms with Crippen LogP contribution in [0.3, 0.4) is 0 Å². The third-order valence-corrected chi connectivity index (χ3v) is 5.71. The van der Waals surface area contributed by atoms with Crippen LogP contribution in [-0.2, 0) is 6.42 Å². The number of thiazole rings is 1. The molecule has 1 aromatic carbocycles. The number of carbonyl (C=O) groups excluding carboxylic acids is 1. The molecule has 0 saturated heterocycles. The fourth-order valence-electron chi connectivity index (χ4n) is 3.08. The second-order valence-corrected chi connectivity index (χ2v) is 8.10. The van der Waals surface area contributed by atoms with Gasteiger partial charge in [-0.2, -0.15) is 5.10 Å². The molecule has 0 atom stereocenters. The zero-order chi connectivity index (χ0) is 20.4. The Morgan fingerprint density at radius 3 is 2.46 bits per heavy atom. The quantitative estimate of drug-likeness (QED) is 0.682. The number of aryl methyl sites for hydroxylation is 2. The third-order valence-electron chi connectivity index (χ3n) is 4.57. The van der Waals surface area contributed by atoms with Gasteiger partial charge in [0.25, 0.3) is 5.91 Å². The predicted octanol–water partition coefficient (Wildman–Crippen LogP) is 3.99. The van der Waals surface area contributed by atoms with Gasteiger partial charge in [0, 0.05) is 23.7 Å². The van der Waals surface area contributed by atoms with Crippen LogP contribution in [0.1, 0.15) is 51.7 Å². The second kappa shape index (κ2) is 8.14. The molecule has 0 aliphatic carbocycles. The van der Waals surface area contributed by atoms with Gasteiger partial charge in [-0.1, -0.05) is 23.5 Å². The standard InChI is InChI=1S/C21H26N4O2S/c1-12(2)22-20(26)19-14(4)23-21(28-19)25-15(5)18(13(3)24-25)11-16-7-9-17(27-6)10-8-16/h7-10,12H,11H2,1-6H3,(H,22,26). The predicted molar refractivity (Wildman–Crippen MR) is 112 cm³/mol. The number of methoxy groups -OCH3 is 1. The van der Waals surface area contributed by atoms with E-state index in [-0.39, 0.29) is 11.9 Å². The number of carbonyl (C=O) groups is 1. The minimum atomic E-state index is -0.0868. The van der Waals surface area contributed by atoms with Gasteiger partial charge >= 0.3 is 0 Å². The minimum Gasteiger partial charge on any atom is -0.497 e. The number of nitrogens with one attached hydrogen (secondary N) is 1. The molecule has 0 bridgehead atoms. The number of amides is 1. The summed E-state index contributed by atoms with van der Waals surface area (Å²) in [7, 11) is 1.67. The van der Waals surface area contributed by atoms with Crippen molar-refractivity contribution in [1.29, 1.82) is 0 Å². The van der Waals surface area contributed by atoms with Gasteiger partial charge < -0.3 is 10.1 Å². The average molecular weight is 399 g/mol. The first kappa shape index (κ1) is 20.1. The molecule has 0 aliphatic rings. The molecule has 3 aromatic rings. The van der Waals surface area contributed by atoms with Crippen molar-refractivity contribution < 1.29 is 9.53 Å². The van der Waals surface area contributed by atoms with Gasteiger partial charge in [-0.25, -0.2) is 9.67 Å². The average Bonchev–Trinajstić information content (AvgIpc) is 3.16. The van der Waals surface area contributed by atoms with Crippen molar-refractivity contribution >= 4 is 17.2 Å². The first-order valence-electron chi connectivity index (χ1n) is 9.26. The normalized spacial score (nSPS) is 11.1. The highest BCUT2D eigenvalue weighted by Crippen LogP contribution is 2.26. The van der Waals surface area contributed by atoms with Gasteiger partial charge in [0.1, 0.15) is 10.6 Å². The molecule has 28 heavy (non-hydrogen) atoms. The van der Waals surface area contributed by atoms with Crippen LogP contribution in [-0.4, -0.2) is 33.8 Å². The zero-order valence-corrected chi connectivity index (χ0v) is 18.0. The summed E-state index contributed by atoms with van der Waals surface area (Å²) in [5, 5.41) is 8.34. The van der Waals surface area contributed by atoms with E-state index in [1.54, 1.807) is 7.11 Å².